The Hall–Kier alpha value is -1.94. The number of hydrogen-bond donors (Lipinski definition) is 0. The van der Waals surface area contributed by atoms with E-state index in [1.54, 1.807) is 35.6 Å². The smallest absolute Gasteiger partial charge is 0.261 e. The van der Waals surface area contributed by atoms with Gasteiger partial charge in [0.2, 0.25) is 0 Å². The number of benzene rings is 1. The van der Waals surface area contributed by atoms with Crippen molar-refractivity contribution in [1.82, 2.24) is 4.90 Å². The molecule has 2 aromatic rings. The maximum atomic E-state index is 12.3. The zero-order valence-corrected chi connectivity index (χ0v) is 11.3. The van der Waals surface area contributed by atoms with E-state index >= 15 is 0 Å². The third-order valence-corrected chi connectivity index (χ3v) is 4.24. The van der Waals surface area contributed by atoms with Crippen molar-refractivity contribution in [2.45, 2.75) is 19.4 Å². The van der Waals surface area contributed by atoms with Crippen molar-refractivity contribution in [2.24, 2.45) is 0 Å². The third kappa shape index (κ3) is 1.98. The molecule has 4 heteroatoms. The molecule has 96 valence electrons. The van der Waals surface area contributed by atoms with Crippen molar-refractivity contribution in [3.05, 3.63) is 57.8 Å². The molecule has 3 rings (SSSR count). The molecule has 0 spiro atoms. The minimum atomic E-state index is -0.176. The van der Waals surface area contributed by atoms with Crippen molar-refractivity contribution in [3.63, 3.8) is 0 Å². The fraction of sp³-hybridized carbons (Fsp3) is 0.200. The van der Waals surface area contributed by atoms with Crippen LogP contribution in [0.2, 0.25) is 0 Å². The summed E-state index contributed by atoms with van der Waals surface area (Å²) in [5, 5.41) is 2.00. The largest absolute Gasteiger partial charge is 0.271 e. The Morgan fingerprint density at radius 1 is 1.05 bits per heavy atom. The highest BCUT2D eigenvalue weighted by atomic mass is 32.1. The van der Waals surface area contributed by atoms with Crippen molar-refractivity contribution >= 4 is 23.2 Å². The van der Waals surface area contributed by atoms with Crippen LogP contribution in [-0.4, -0.2) is 22.8 Å². The van der Waals surface area contributed by atoms with Gasteiger partial charge in [0, 0.05) is 17.3 Å². The average molecular weight is 271 g/mol. The molecular formula is C15H13NO2S. The molecule has 19 heavy (non-hydrogen) atoms. The van der Waals surface area contributed by atoms with E-state index in [9.17, 15) is 9.59 Å². The van der Waals surface area contributed by atoms with E-state index in [2.05, 4.69) is 0 Å². The van der Waals surface area contributed by atoms with Gasteiger partial charge in [-0.3, -0.25) is 14.5 Å². The van der Waals surface area contributed by atoms with E-state index in [4.69, 9.17) is 0 Å². The molecule has 0 saturated heterocycles. The van der Waals surface area contributed by atoms with E-state index < -0.39 is 0 Å². The molecule has 0 bridgehead atoms. The topological polar surface area (TPSA) is 37.4 Å². The van der Waals surface area contributed by atoms with Gasteiger partial charge in [-0.25, -0.2) is 0 Å². The van der Waals surface area contributed by atoms with E-state index in [0.29, 0.717) is 17.5 Å². The molecule has 1 unspecified atom stereocenters. The van der Waals surface area contributed by atoms with Crippen LogP contribution in [0.1, 0.15) is 32.5 Å². The molecule has 1 atom stereocenters. The highest BCUT2D eigenvalue weighted by Crippen LogP contribution is 2.26. The molecule has 0 fully saturated rings. The second kappa shape index (κ2) is 4.63. The summed E-state index contributed by atoms with van der Waals surface area (Å²) in [5.74, 6) is -0.352. The van der Waals surface area contributed by atoms with Crippen LogP contribution in [0, 0.1) is 0 Å². The summed E-state index contributed by atoms with van der Waals surface area (Å²) in [6.45, 7) is 1.92. The first-order valence-corrected chi connectivity index (χ1v) is 7.05. The van der Waals surface area contributed by atoms with Gasteiger partial charge >= 0.3 is 0 Å². The lowest BCUT2D eigenvalue weighted by atomic mass is 10.1. The molecule has 0 aliphatic carbocycles. The zero-order valence-electron chi connectivity index (χ0n) is 10.5. The molecule has 0 N–H and O–H groups in total. The number of hydrogen-bond acceptors (Lipinski definition) is 3. The van der Waals surface area contributed by atoms with E-state index in [1.165, 1.54) is 9.78 Å². The Morgan fingerprint density at radius 2 is 1.68 bits per heavy atom. The molecule has 0 saturated carbocycles. The predicted octanol–water partition coefficient (Wildman–Crippen LogP) is 2.98. The van der Waals surface area contributed by atoms with Crippen molar-refractivity contribution in [3.8, 4) is 0 Å². The fourth-order valence-corrected chi connectivity index (χ4v) is 3.25. The van der Waals surface area contributed by atoms with Crippen molar-refractivity contribution < 1.29 is 9.59 Å². The molecular weight excluding hydrogens is 258 g/mol. The van der Waals surface area contributed by atoms with E-state index in [-0.39, 0.29) is 17.9 Å². The zero-order chi connectivity index (χ0) is 13.4. The van der Waals surface area contributed by atoms with Crippen LogP contribution in [0.15, 0.2) is 41.8 Å². The fourth-order valence-electron chi connectivity index (χ4n) is 2.42. The van der Waals surface area contributed by atoms with Crippen LogP contribution in [-0.2, 0) is 6.42 Å². The number of nitrogens with zero attached hydrogens (tertiary/aromatic N) is 1. The second-order valence-corrected chi connectivity index (χ2v) is 5.69. The van der Waals surface area contributed by atoms with Gasteiger partial charge in [0.1, 0.15) is 0 Å². The van der Waals surface area contributed by atoms with Gasteiger partial charge in [-0.2, -0.15) is 0 Å². The van der Waals surface area contributed by atoms with Crippen LogP contribution < -0.4 is 0 Å². The van der Waals surface area contributed by atoms with Gasteiger partial charge in [0.15, 0.2) is 0 Å². The van der Waals surface area contributed by atoms with E-state index in [1.807, 2.05) is 24.4 Å². The summed E-state index contributed by atoms with van der Waals surface area (Å²) in [5.41, 5.74) is 1.04. The highest BCUT2D eigenvalue weighted by Gasteiger charge is 2.37. The SMILES string of the molecule is CC(Cc1cccs1)N1C(=O)c2ccccc2C1=O. The number of thiophene rings is 1. The van der Waals surface area contributed by atoms with Gasteiger partial charge in [-0.1, -0.05) is 18.2 Å². The number of carbonyl (C=O) groups is 2. The first-order chi connectivity index (χ1) is 9.18. The number of carbonyl (C=O) groups excluding carboxylic acids is 2. The van der Waals surface area contributed by atoms with Crippen LogP contribution >= 0.6 is 11.3 Å². The normalized spacial score (nSPS) is 15.7. The number of fused-ring (bicyclic) bond motifs is 1. The second-order valence-electron chi connectivity index (χ2n) is 4.66. The summed E-state index contributed by atoms with van der Waals surface area (Å²) in [4.78, 5) is 27.1. The Labute approximate surface area is 115 Å². The van der Waals surface area contributed by atoms with E-state index in [0.717, 1.165) is 0 Å². The minimum absolute atomic E-state index is 0.119. The predicted molar refractivity (Wildman–Crippen MR) is 74.4 cm³/mol. The summed E-state index contributed by atoms with van der Waals surface area (Å²) in [6.07, 6.45) is 0.711. The maximum Gasteiger partial charge on any atom is 0.261 e. The van der Waals surface area contributed by atoms with Crippen molar-refractivity contribution in [2.75, 3.05) is 0 Å². The van der Waals surface area contributed by atoms with Gasteiger partial charge in [-0.15, -0.1) is 11.3 Å². The molecule has 1 aliphatic heterocycles. The lowest BCUT2D eigenvalue weighted by molar-refractivity contribution is 0.0597. The molecule has 2 amide bonds. The molecule has 1 aliphatic rings. The van der Waals surface area contributed by atoms with Crippen LogP contribution in [0.4, 0.5) is 0 Å². The number of imide groups is 1. The molecule has 2 heterocycles. The summed E-state index contributed by atoms with van der Waals surface area (Å²) in [6, 6.07) is 10.9. The minimum Gasteiger partial charge on any atom is -0.271 e. The summed E-state index contributed by atoms with van der Waals surface area (Å²) in [7, 11) is 0. The summed E-state index contributed by atoms with van der Waals surface area (Å²) >= 11 is 1.65. The monoisotopic (exact) mass is 271 g/mol. The summed E-state index contributed by atoms with van der Waals surface area (Å²) < 4.78 is 0. The molecule has 1 aromatic carbocycles. The lowest BCUT2D eigenvalue weighted by Gasteiger charge is -2.21. The molecule has 1 aromatic heterocycles. The first kappa shape index (κ1) is 12.1. The third-order valence-electron chi connectivity index (χ3n) is 3.34. The number of rotatable bonds is 3. The Kier molecular flexibility index (Phi) is 2.95. The molecule has 3 nitrogen and oxygen atoms in total. The van der Waals surface area contributed by atoms with Gasteiger partial charge in [0.25, 0.3) is 11.8 Å². The lowest BCUT2D eigenvalue weighted by Crippen LogP contribution is -2.39. The van der Waals surface area contributed by atoms with Crippen LogP contribution in [0.25, 0.3) is 0 Å². The Bertz CT molecular complexity index is 598. The Balaban J connectivity index is 1.87. The maximum absolute atomic E-state index is 12.3. The standard InChI is InChI=1S/C15H13NO2S/c1-10(9-11-5-4-8-19-11)16-14(17)12-6-2-3-7-13(12)15(16)18/h2-8,10H,9H2,1H3. The van der Waals surface area contributed by atoms with Gasteiger partial charge < -0.3 is 0 Å². The van der Waals surface area contributed by atoms with Crippen molar-refractivity contribution in [1.29, 1.82) is 0 Å². The number of amides is 2. The highest BCUT2D eigenvalue weighted by molar-refractivity contribution is 7.09. The van der Waals surface area contributed by atoms with Crippen LogP contribution in [0.3, 0.4) is 0 Å². The first-order valence-electron chi connectivity index (χ1n) is 6.18. The Morgan fingerprint density at radius 3 is 2.21 bits per heavy atom. The van der Waals surface area contributed by atoms with Gasteiger partial charge in [-0.05, 0) is 30.5 Å². The average Bonchev–Trinajstić information content (AvgIpc) is 2.99. The van der Waals surface area contributed by atoms with Gasteiger partial charge in [0.05, 0.1) is 11.1 Å². The quantitative estimate of drug-likeness (QED) is 0.805. The van der Waals surface area contributed by atoms with Crippen LogP contribution in [0.5, 0.6) is 0 Å². The molecule has 0 radical (unpaired) electrons.